The molecule has 2 radical (unpaired) electrons. The molecule has 1 aromatic heterocycles. The number of aromatic amines is 1. The molecule has 3 N–H and O–H groups in total. The monoisotopic (exact) mass is 398 g/mol. The van der Waals surface area contributed by atoms with Crippen molar-refractivity contribution in [3.8, 4) is 5.75 Å². The second-order valence-electron chi connectivity index (χ2n) is 8.52. The molecular formula is C22H31BN2O4. The smallest absolute Gasteiger partial charge is 0.159 e. The average molecular weight is 398 g/mol. The van der Waals surface area contributed by atoms with E-state index in [0.717, 1.165) is 48.9 Å². The van der Waals surface area contributed by atoms with E-state index in [0.29, 0.717) is 18.0 Å². The number of rotatable bonds is 6. The van der Waals surface area contributed by atoms with E-state index in [1.807, 2.05) is 0 Å². The molecule has 4 rings (SSSR count). The number of hydrogen-bond acceptors (Lipinski definition) is 5. The minimum Gasteiger partial charge on any atom is -0.507 e. The Morgan fingerprint density at radius 2 is 2.14 bits per heavy atom. The topological polar surface area (TPSA) is 78.0 Å². The molecule has 0 saturated carbocycles. The molecule has 7 heteroatoms. The Kier molecular flexibility index (Phi) is 5.93. The number of nitrogens with one attached hydrogen (secondary N) is 1. The lowest BCUT2D eigenvalue weighted by molar-refractivity contribution is -0.157. The fourth-order valence-electron chi connectivity index (χ4n) is 5.64. The van der Waals surface area contributed by atoms with Crippen LogP contribution in [0, 0.1) is 17.8 Å². The number of nitrogens with zero attached hydrogens (tertiary/aromatic N) is 1. The average Bonchev–Trinajstić information content (AvgIpc) is 3.14. The molecule has 2 aliphatic heterocycles. The van der Waals surface area contributed by atoms with Crippen LogP contribution in [0.25, 0.3) is 10.9 Å². The van der Waals surface area contributed by atoms with Crippen LogP contribution in [0.5, 0.6) is 5.75 Å². The number of methoxy groups -OCH3 is 2. The van der Waals surface area contributed by atoms with Crippen molar-refractivity contribution in [2.45, 2.75) is 38.5 Å². The third kappa shape index (κ3) is 3.48. The second-order valence-corrected chi connectivity index (χ2v) is 8.52. The molecule has 156 valence electrons. The number of fused-ring (bicyclic) bond motifs is 5. The van der Waals surface area contributed by atoms with E-state index in [-0.39, 0.29) is 23.6 Å². The molecule has 1 saturated heterocycles. The van der Waals surface area contributed by atoms with Crippen LogP contribution in [0.2, 0.25) is 0 Å². The lowest BCUT2D eigenvalue weighted by atomic mass is 9.71. The van der Waals surface area contributed by atoms with E-state index in [4.69, 9.17) is 17.3 Å². The summed E-state index contributed by atoms with van der Waals surface area (Å²) >= 11 is 0. The van der Waals surface area contributed by atoms with E-state index in [2.05, 4.69) is 16.8 Å². The zero-order valence-electron chi connectivity index (χ0n) is 17.5. The molecule has 6 nitrogen and oxygen atoms in total. The molecule has 2 aliphatic rings. The number of aromatic hydroxyl groups is 1. The predicted molar refractivity (Wildman–Crippen MR) is 114 cm³/mol. The molecule has 0 amide bonds. The van der Waals surface area contributed by atoms with Gasteiger partial charge in [-0.2, -0.15) is 0 Å². The van der Waals surface area contributed by atoms with Gasteiger partial charge in [-0.1, -0.05) is 24.9 Å². The number of aromatic nitrogens is 1. The number of hydrogen-bond donors (Lipinski definition) is 3. The van der Waals surface area contributed by atoms with Gasteiger partial charge in [-0.15, -0.1) is 0 Å². The van der Waals surface area contributed by atoms with Gasteiger partial charge in [0.2, 0.25) is 0 Å². The molecule has 29 heavy (non-hydrogen) atoms. The highest BCUT2D eigenvalue weighted by atomic mass is 16.6. The number of benzene rings is 1. The van der Waals surface area contributed by atoms with Crippen LogP contribution in [0.3, 0.4) is 0 Å². The molecule has 1 aromatic carbocycles. The van der Waals surface area contributed by atoms with Gasteiger partial charge in [0.1, 0.15) is 13.6 Å². The second kappa shape index (κ2) is 8.30. The fourth-order valence-corrected chi connectivity index (χ4v) is 5.64. The molecule has 2 unspecified atom stereocenters. The summed E-state index contributed by atoms with van der Waals surface area (Å²) in [6, 6.07) is 3.64. The summed E-state index contributed by atoms with van der Waals surface area (Å²) in [5.41, 5.74) is 3.82. The van der Waals surface area contributed by atoms with Gasteiger partial charge >= 0.3 is 0 Å². The highest BCUT2D eigenvalue weighted by molar-refractivity contribution is 6.38. The Balaban J connectivity index is 1.73. The van der Waals surface area contributed by atoms with Crippen LogP contribution < -0.4 is 5.46 Å². The molecule has 5 atom stereocenters. The fraction of sp³-hybridized carbons (Fsp3) is 0.636. The van der Waals surface area contributed by atoms with Gasteiger partial charge in [0, 0.05) is 49.8 Å². The maximum atomic E-state index is 10.5. The van der Waals surface area contributed by atoms with Gasteiger partial charge < -0.3 is 24.7 Å². The van der Waals surface area contributed by atoms with Gasteiger partial charge in [-0.3, -0.25) is 4.90 Å². The van der Waals surface area contributed by atoms with Crippen molar-refractivity contribution >= 4 is 24.2 Å². The van der Waals surface area contributed by atoms with Gasteiger partial charge in [0.15, 0.2) is 6.29 Å². The van der Waals surface area contributed by atoms with Gasteiger partial charge in [-0.25, -0.2) is 0 Å². The Labute approximate surface area is 173 Å². The molecule has 0 spiro atoms. The number of phenols is 1. The number of ether oxygens (including phenoxy) is 2. The van der Waals surface area contributed by atoms with Crippen molar-refractivity contribution in [1.29, 1.82) is 0 Å². The third-order valence-electron chi connectivity index (χ3n) is 7.14. The number of phenolic OH excluding ortho intramolecular Hbond substituents is 1. The number of piperidine rings is 1. The summed E-state index contributed by atoms with van der Waals surface area (Å²) in [6.07, 6.45) is 2.02. The SMILES string of the molecule is [B]c1ccc(O)c2c3c([nH]c12)C1C[C@H](C(COC)[C@@H](O)OC)[C@H](CC)CN1CC3. The van der Waals surface area contributed by atoms with Crippen LogP contribution in [0.1, 0.15) is 37.1 Å². The standard InChI is InChI=1S/C22H31BN2O4/c1-4-12-10-25-8-7-13-19-18(26)6-5-16(23)21(19)24-20(13)17(25)9-14(12)15(11-28-2)22(27)29-3/h5-6,12,14-15,17,22,24,26-27H,4,7-11H2,1-3H3/t12-,14+,15?,17?,22+/m1/s1. The quantitative estimate of drug-likeness (QED) is 0.511. The Bertz CT molecular complexity index is 870. The van der Waals surface area contributed by atoms with E-state index >= 15 is 0 Å². The number of H-pyrrole nitrogens is 1. The van der Waals surface area contributed by atoms with E-state index in [1.165, 1.54) is 5.56 Å². The lowest BCUT2D eigenvalue weighted by Crippen LogP contribution is -2.50. The van der Waals surface area contributed by atoms with Crippen LogP contribution in [0.15, 0.2) is 12.1 Å². The molecule has 0 bridgehead atoms. The molecule has 2 aromatic rings. The molecule has 0 aliphatic carbocycles. The van der Waals surface area contributed by atoms with Crippen LogP contribution in [-0.2, 0) is 15.9 Å². The lowest BCUT2D eigenvalue weighted by Gasteiger charge is -2.48. The highest BCUT2D eigenvalue weighted by Crippen LogP contribution is 2.47. The summed E-state index contributed by atoms with van der Waals surface area (Å²) < 4.78 is 10.7. The maximum absolute atomic E-state index is 10.5. The number of aliphatic hydroxyl groups excluding tert-OH is 1. The van der Waals surface area contributed by atoms with Crippen molar-refractivity contribution in [3.05, 3.63) is 23.4 Å². The van der Waals surface area contributed by atoms with Gasteiger partial charge in [-0.05, 0) is 36.3 Å². The first kappa shape index (κ1) is 20.7. The highest BCUT2D eigenvalue weighted by Gasteiger charge is 2.44. The summed E-state index contributed by atoms with van der Waals surface area (Å²) in [6.45, 7) is 4.64. The van der Waals surface area contributed by atoms with E-state index in [9.17, 15) is 10.2 Å². The first-order chi connectivity index (χ1) is 14.0. The van der Waals surface area contributed by atoms with Crippen molar-refractivity contribution in [2.75, 3.05) is 33.9 Å². The van der Waals surface area contributed by atoms with E-state index in [1.54, 1.807) is 26.4 Å². The Morgan fingerprint density at radius 1 is 1.34 bits per heavy atom. The zero-order valence-corrected chi connectivity index (χ0v) is 17.5. The van der Waals surface area contributed by atoms with Crippen molar-refractivity contribution in [2.24, 2.45) is 17.8 Å². The van der Waals surface area contributed by atoms with Gasteiger partial charge in [0.25, 0.3) is 0 Å². The normalized spacial score (nSPS) is 26.8. The first-order valence-corrected chi connectivity index (χ1v) is 10.6. The summed E-state index contributed by atoms with van der Waals surface area (Å²) in [5, 5.41) is 21.9. The first-order valence-electron chi connectivity index (χ1n) is 10.6. The van der Waals surface area contributed by atoms with Crippen molar-refractivity contribution in [1.82, 2.24) is 9.88 Å². The van der Waals surface area contributed by atoms with Crippen molar-refractivity contribution < 1.29 is 19.7 Å². The van der Waals surface area contributed by atoms with Crippen LogP contribution >= 0.6 is 0 Å². The largest absolute Gasteiger partial charge is 0.507 e. The molecule has 3 heterocycles. The minimum atomic E-state index is -0.842. The predicted octanol–water partition coefficient (Wildman–Crippen LogP) is 1.84. The van der Waals surface area contributed by atoms with Gasteiger partial charge in [0.05, 0.1) is 12.6 Å². The van der Waals surface area contributed by atoms with E-state index < -0.39 is 6.29 Å². The summed E-state index contributed by atoms with van der Waals surface area (Å²) in [4.78, 5) is 6.08. The third-order valence-corrected chi connectivity index (χ3v) is 7.14. The summed E-state index contributed by atoms with van der Waals surface area (Å²) in [7, 11) is 9.42. The minimum absolute atomic E-state index is 0.0784. The molecular weight excluding hydrogens is 367 g/mol. The number of aliphatic hydroxyl groups is 1. The van der Waals surface area contributed by atoms with Crippen molar-refractivity contribution in [3.63, 3.8) is 0 Å². The Hall–Kier alpha value is -1.54. The van der Waals surface area contributed by atoms with Crippen LogP contribution in [0.4, 0.5) is 0 Å². The summed E-state index contributed by atoms with van der Waals surface area (Å²) in [5.74, 6) is 0.955. The zero-order chi connectivity index (χ0) is 20.7. The maximum Gasteiger partial charge on any atom is 0.159 e. The van der Waals surface area contributed by atoms with Crippen LogP contribution in [-0.4, -0.2) is 68.1 Å². The Morgan fingerprint density at radius 3 is 2.83 bits per heavy atom. The molecule has 1 fully saturated rings.